The van der Waals surface area contributed by atoms with E-state index in [1.807, 2.05) is 44.2 Å². The number of nitrogens with one attached hydrogen (secondary N) is 2. The van der Waals surface area contributed by atoms with E-state index >= 15 is 0 Å². The van der Waals surface area contributed by atoms with Crippen LogP contribution in [-0.4, -0.2) is 37.9 Å². The first-order valence-electron chi connectivity index (χ1n) is 10.9. The van der Waals surface area contributed by atoms with Gasteiger partial charge in [0.1, 0.15) is 5.84 Å². The number of carbonyl (C=O) groups is 2. The SMILES string of the molecule is CCC(=O)N(CCC(=O)OC)c1cc(C)c(CCCNc2ccc(C(=N)N)cc2)cc1C. The van der Waals surface area contributed by atoms with Crippen LogP contribution in [0.2, 0.25) is 0 Å². The maximum Gasteiger partial charge on any atom is 0.307 e. The Bertz CT molecular complexity index is 954. The number of amides is 1. The fraction of sp³-hybridized carbons (Fsp3) is 0.400. The van der Waals surface area contributed by atoms with Crippen LogP contribution in [0.1, 0.15) is 48.4 Å². The van der Waals surface area contributed by atoms with Gasteiger partial charge in [-0.15, -0.1) is 0 Å². The molecule has 0 radical (unpaired) electrons. The van der Waals surface area contributed by atoms with Gasteiger partial charge in [-0.2, -0.15) is 0 Å². The van der Waals surface area contributed by atoms with E-state index in [9.17, 15) is 9.59 Å². The Morgan fingerprint density at radius 1 is 1.12 bits per heavy atom. The summed E-state index contributed by atoms with van der Waals surface area (Å²) in [6.45, 7) is 7.01. The molecule has 0 saturated heterocycles. The number of esters is 1. The first kappa shape index (κ1) is 24.9. The van der Waals surface area contributed by atoms with E-state index in [-0.39, 0.29) is 24.1 Å². The maximum atomic E-state index is 12.5. The van der Waals surface area contributed by atoms with Crippen LogP contribution in [0.4, 0.5) is 11.4 Å². The summed E-state index contributed by atoms with van der Waals surface area (Å²) < 4.78 is 4.73. The second-order valence-corrected chi connectivity index (χ2v) is 7.81. The molecule has 2 aromatic rings. The number of nitrogen functional groups attached to an aromatic ring is 1. The summed E-state index contributed by atoms with van der Waals surface area (Å²) in [4.78, 5) is 25.8. The maximum absolute atomic E-state index is 12.5. The molecule has 0 saturated carbocycles. The lowest BCUT2D eigenvalue weighted by molar-refractivity contribution is -0.140. The van der Waals surface area contributed by atoms with Crippen LogP contribution in [0.15, 0.2) is 36.4 Å². The lowest BCUT2D eigenvalue weighted by atomic mass is 9.99. The summed E-state index contributed by atoms with van der Waals surface area (Å²) in [7, 11) is 1.36. The van der Waals surface area contributed by atoms with Crippen LogP contribution in [0.25, 0.3) is 0 Å². The Kier molecular flexibility index (Phi) is 9.25. The molecule has 0 unspecified atom stereocenters. The highest BCUT2D eigenvalue weighted by Crippen LogP contribution is 2.26. The van der Waals surface area contributed by atoms with Gasteiger partial charge in [-0.1, -0.05) is 13.0 Å². The fourth-order valence-corrected chi connectivity index (χ4v) is 3.58. The highest BCUT2D eigenvalue weighted by Gasteiger charge is 2.18. The molecule has 7 nitrogen and oxygen atoms in total. The third-order valence-electron chi connectivity index (χ3n) is 5.46. The van der Waals surface area contributed by atoms with Crippen LogP contribution in [0, 0.1) is 19.3 Å². The fourth-order valence-electron chi connectivity index (χ4n) is 3.58. The Morgan fingerprint density at radius 3 is 2.41 bits per heavy atom. The lowest BCUT2D eigenvalue weighted by Crippen LogP contribution is -2.33. The molecular formula is C25H34N4O3. The molecule has 4 N–H and O–H groups in total. The van der Waals surface area contributed by atoms with Crippen molar-refractivity contribution in [1.82, 2.24) is 0 Å². The predicted molar refractivity (Wildman–Crippen MR) is 129 cm³/mol. The standard InChI is InChI=1S/C25H34N4O3/c1-5-23(30)29(14-12-24(31)32-4)22-16-17(2)20(15-18(22)3)7-6-13-28-21-10-8-19(9-11-21)25(26)27/h8-11,15-16,28H,5-7,12-14H2,1-4H3,(H3,26,27). The normalized spacial score (nSPS) is 10.5. The minimum Gasteiger partial charge on any atom is -0.469 e. The molecule has 0 bridgehead atoms. The molecule has 0 aliphatic rings. The molecule has 7 heteroatoms. The number of nitrogens with zero attached hydrogens (tertiary/aromatic N) is 1. The molecule has 32 heavy (non-hydrogen) atoms. The van der Waals surface area contributed by atoms with Gasteiger partial charge in [0, 0.05) is 36.4 Å². The van der Waals surface area contributed by atoms with Gasteiger partial charge >= 0.3 is 5.97 Å². The number of amidine groups is 1. The van der Waals surface area contributed by atoms with E-state index < -0.39 is 0 Å². The summed E-state index contributed by atoms with van der Waals surface area (Å²) in [5.74, 6) is -0.271. The first-order chi connectivity index (χ1) is 15.3. The van der Waals surface area contributed by atoms with Gasteiger partial charge in [-0.3, -0.25) is 15.0 Å². The molecule has 1 amide bonds. The van der Waals surface area contributed by atoms with Gasteiger partial charge in [-0.25, -0.2) is 0 Å². The largest absolute Gasteiger partial charge is 0.469 e. The third-order valence-corrected chi connectivity index (χ3v) is 5.46. The Balaban J connectivity index is 2.01. The zero-order valence-corrected chi connectivity index (χ0v) is 19.5. The molecule has 0 aliphatic carbocycles. The minimum absolute atomic E-state index is 0.0101. The van der Waals surface area contributed by atoms with Gasteiger partial charge in [0.15, 0.2) is 0 Å². The second-order valence-electron chi connectivity index (χ2n) is 7.81. The van der Waals surface area contributed by atoms with E-state index in [2.05, 4.69) is 18.3 Å². The molecule has 0 heterocycles. The smallest absolute Gasteiger partial charge is 0.307 e. The Morgan fingerprint density at radius 2 is 1.81 bits per heavy atom. The highest BCUT2D eigenvalue weighted by atomic mass is 16.5. The van der Waals surface area contributed by atoms with E-state index in [1.165, 1.54) is 12.7 Å². The number of rotatable bonds is 11. The molecule has 0 atom stereocenters. The zero-order chi connectivity index (χ0) is 23.7. The van der Waals surface area contributed by atoms with E-state index in [4.69, 9.17) is 15.9 Å². The van der Waals surface area contributed by atoms with E-state index in [0.29, 0.717) is 18.5 Å². The summed E-state index contributed by atoms with van der Waals surface area (Å²) in [5.41, 5.74) is 11.4. The quantitative estimate of drug-likeness (QED) is 0.213. The highest BCUT2D eigenvalue weighted by molar-refractivity contribution is 5.95. The molecule has 2 rings (SSSR count). The van der Waals surface area contributed by atoms with Crippen LogP contribution in [0.3, 0.4) is 0 Å². The zero-order valence-electron chi connectivity index (χ0n) is 19.5. The van der Waals surface area contributed by atoms with Crippen molar-refractivity contribution in [3.05, 3.63) is 58.7 Å². The van der Waals surface area contributed by atoms with Crippen LogP contribution >= 0.6 is 0 Å². The molecule has 0 fully saturated rings. The molecule has 172 valence electrons. The van der Waals surface area contributed by atoms with Crippen LogP contribution < -0.4 is 16.0 Å². The van der Waals surface area contributed by atoms with Crippen LogP contribution in [0.5, 0.6) is 0 Å². The molecule has 0 spiro atoms. The topological polar surface area (TPSA) is 109 Å². The van der Waals surface area contributed by atoms with Crippen molar-refractivity contribution in [2.75, 3.05) is 30.4 Å². The van der Waals surface area contributed by atoms with Gasteiger partial charge in [-0.05, 0) is 73.7 Å². The predicted octanol–water partition coefficient (Wildman–Crippen LogP) is 3.94. The van der Waals surface area contributed by atoms with E-state index in [0.717, 1.165) is 41.9 Å². The number of carbonyl (C=O) groups excluding carboxylic acids is 2. The van der Waals surface area contributed by atoms with E-state index in [1.54, 1.807) is 4.90 Å². The summed E-state index contributed by atoms with van der Waals surface area (Å²) in [5, 5.41) is 10.8. The van der Waals surface area contributed by atoms with Gasteiger partial charge < -0.3 is 20.7 Å². The van der Waals surface area contributed by atoms with Gasteiger partial charge in [0.2, 0.25) is 5.91 Å². The third kappa shape index (κ3) is 6.83. The average Bonchev–Trinajstić information content (AvgIpc) is 2.79. The van der Waals surface area contributed by atoms with Gasteiger partial charge in [0.25, 0.3) is 0 Å². The Hall–Kier alpha value is -3.35. The van der Waals surface area contributed by atoms with Crippen molar-refractivity contribution in [1.29, 1.82) is 5.41 Å². The summed E-state index contributed by atoms with van der Waals surface area (Å²) >= 11 is 0. The molecule has 0 aromatic heterocycles. The number of hydrogen-bond acceptors (Lipinski definition) is 5. The monoisotopic (exact) mass is 438 g/mol. The van der Waals surface area contributed by atoms with Crippen molar-refractivity contribution >= 4 is 29.1 Å². The number of nitrogens with two attached hydrogens (primary N) is 1. The molecule has 2 aromatic carbocycles. The average molecular weight is 439 g/mol. The van der Waals surface area contributed by atoms with Crippen LogP contribution in [-0.2, 0) is 20.7 Å². The number of hydrogen-bond donors (Lipinski definition) is 3. The lowest BCUT2D eigenvalue weighted by Gasteiger charge is -2.25. The first-order valence-corrected chi connectivity index (χ1v) is 10.9. The van der Waals surface area contributed by atoms with Crippen molar-refractivity contribution in [2.45, 2.75) is 46.5 Å². The number of aryl methyl sites for hydroxylation is 3. The van der Waals surface area contributed by atoms with Crippen molar-refractivity contribution in [2.24, 2.45) is 5.73 Å². The van der Waals surface area contributed by atoms with Crippen molar-refractivity contribution in [3.8, 4) is 0 Å². The van der Waals surface area contributed by atoms with Crippen molar-refractivity contribution < 1.29 is 14.3 Å². The Labute approximate surface area is 190 Å². The van der Waals surface area contributed by atoms with Gasteiger partial charge in [0.05, 0.1) is 13.5 Å². The molecule has 0 aliphatic heterocycles. The van der Waals surface area contributed by atoms with Crippen molar-refractivity contribution in [3.63, 3.8) is 0 Å². The number of ether oxygens (including phenoxy) is 1. The summed E-state index contributed by atoms with van der Waals surface area (Å²) in [6, 6.07) is 11.7. The number of methoxy groups -OCH3 is 1. The molecular weight excluding hydrogens is 404 g/mol. The number of anilines is 2. The number of benzene rings is 2. The summed E-state index contributed by atoms with van der Waals surface area (Å²) in [6.07, 6.45) is 2.41. The minimum atomic E-state index is -0.326. The second kappa shape index (κ2) is 11.9.